The number of aromatic nitrogens is 1. The second kappa shape index (κ2) is 8.22. The van der Waals surface area contributed by atoms with Gasteiger partial charge in [-0.05, 0) is 38.4 Å². The smallest absolute Gasteiger partial charge is 0.217 e. The van der Waals surface area contributed by atoms with Crippen LogP contribution in [0.15, 0.2) is 18.3 Å². The Morgan fingerprint density at radius 3 is 3.15 bits per heavy atom. The first-order valence-electron chi connectivity index (χ1n) is 7.77. The van der Waals surface area contributed by atoms with Gasteiger partial charge in [-0.1, -0.05) is 19.4 Å². The Balaban J connectivity index is 1.97. The number of pyridine rings is 1. The molecule has 1 aliphatic heterocycles. The molecule has 0 bridgehead atoms. The van der Waals surface area contributed by atoms with E-state index in [1.807, 2.05) is 6.07 Å². The molecule has 2 heterocycles. The molecule has 1 fully saturated rings. The monoisotopic (exact) mass is 277 g/mol. The number of ether oxygens (including phenoxy) is 1. The van der Waals surface area contributed by atoms with E-state index in [0.717, 1.165) is 25.5 Å². The van der Waals surface area contributed by atoms with Crippen molar-refractivity contribution in [3.63, 3.8) is 0 Å². The van der Waals surface area contributed by atoms with Crippen molar-refractivity contribution in [3.8, 4) is 5.88 Å². The minimum Gasteiger partial charge on any atom is -0.481 e. The molecule has 0 radical (unpaired) electrons. The number of methoxy groups -OCH3 is 1. The number of rotatable bonds is 7. The summed E-state index contributed by atoms with van der Waals surface area (Å²) in [5, 5.41) is 3.56. The topological polar surface area (TPSA) is 37.4 Å². The third-order valence-corrected chi connectivity index (χ3v) is 3.97. The highest BCUT2D eigenvalue weighted by Gasteiger charge is 2.23. The largest absolute Gasteiger partial charge is 0.481 e. The van der Waals surface area contributed by atoms with E-state index >= 15 is 0 Å². The van der Waals surface area contributed by atoms with Gasteiger partial charge in [0.1, 0.15) is 0 Å². The fourth-order valence-corrected chi connectivity index (χ4v) is 2.89. The molecule has 0 spiro atoms. The molecule has 1 aliphatic rings. The van der Waals surface area contributed by atoms with Gasteiger partial charge in [0.2, 0.25) is 5.88 Å². The Morgan fingerprint density at radius 2 is 2.35 bits per heavy atom. The fourth-order valence-electron chi connectivity index (χ4n) is 2.89. The average Bonchev–Trinajstić information content (AvgIpc) is 2.50. The van der Waals surface area contributed by atoms with Gasteiger partial charge in [-0.25, -0.2) is 4.98 Å². The SMILES string of the molecule is CCCNCC1CCCCN1Cc1cccnc1OC. The van der Waals surface area contributed by atoms with E-state index in [9.17, 15) is 0 Å². The Hall–Kier alpha value is -1.13. The van der Waals surface area contributed by atoms with Crippen molar-refractivity contribution in [2.24, 2.45) is 0 Å². The van der Waals surface area contributed by atoms with Crippen molar-refractivity contribution in [3.05, 3.63) is 23.9 Å². The fraction of sp³-hybridized carbons (Fsp3) is 0.688. The Bertz CT molecular complexity index is 397. The maximum absolute atomic E-state index is 5.37. The van der Waals surface area contributed by atoms with Gasteiger partial charge < -0.3 is 10.1 Å². The minimum absolute atomic E-state index is 0.639. The van der Waals surface area contributed by atoms with E-state index in [4.69, 9.17) is 4.74 Å². The van der Waals surface area contributed by atoms with Gasteiger partial charge in [0, 0.05) is 30.9 Å². The second-order valence-electron chi connectivity index (χ2n) is 5.50. The molecule has 0 saturated carbocycles. The summed E-state index contributed by atoms with van der Waals surface area (Å²) in [6, 6.07) is 4.75. The lowest BCUT2D eigenvalue weighted by Crippen LogP contribution is -2.45. The summed E-state index contributed by atoms with van der Waals surface area (Å²) in [5.41, 5.74) is 1.19. The Morgan fingerprint density at radius 1 is 1.45 bits per heavy atom. The lowest BCUT2D eigenvalue weighted by molar-refractivity contribution is 0.136. The molecule has 1 aromatic rings. The summed E-state index contributed by atoms with van der Waals surface area (Å²) in [4.78, 5) is 6.87. The number of piperidine rings is 1. The number of nitrogens with one attached hydrogen (secondary N) is 1. The highest BCUT2D eigenvalue weighted by molar-refractivity contribution is 5.25. The highest BCUT2D eigenvalue weighted by Crippen LogP contribution is 2.22. The van der Waals surface area contributed by atoms with Crippen LogP contribution in [-0.4, -0.2) is 42.7 Å². The van der Waals surface area contributed by atoms with E-state index in [1.165, 1.54) is 37.8 Å². The van der Waals surface area contributed by atoms with Crippen molar-refractivity contribution in [2.45, 2.75) is 45.2 Å². The van der Waals surface area contributed by atoms with E-state index in [0.29, 0.717) is 6.04 Å². The maximum atomic E-state index is 5.37. The summed E-state index contributed by atoms with van der Waals surface area (Å²) >= 11 is 0. The molecule has 20 heavy (non-hydrogen) atoms. The Kier molecular flexibility index (Phi) is 6.27. The van der Waals surface area contributed by atoms with Crippen molar-refractivity contribution in [1.29, 1.82) is 0 Å². The normalized spacial score (nSPS) is 20.0. The highest BCUT2D eigenvalue weighted by atomic mass is 16.5. The van der Waals surface area contributed by atoms with E-state index in [2.05, 4.69) is 28.2 Å². The van der Waals surface area contributed by atoms with Crippen molar-refractivity contribution in [2.75, 3.05) is 26.7 Å². The summed E-state index contributed by atoms with van der Waals surface area (Å²) in [6.07, 6.45) is 6.92. The molecule has 1 atom stereocenters. The average molecular weight is 277 g/mol. The third kappa shape index (κ3) is 4.18. The zero-order valence-electron chi connectivity index (χ0n) is 12.8. The maximum Gasteiger partial charge on any atom is 0.217 e. The predicted molar refractivity (Wildman–Crippen MR) is 82.0 cm³/mol. The summed E-state index contributed by atoms with van der Waals surface area (Å²) in [6.45, 7) is 6.54. The number of hydrogen-bond acceptors (Lipinski definition) is 4. The predicted octanol–water partition coefficient (Wildman–Crippen LogP) is 2.44. The Labute approximate surface area is 122 Å². The summed E-state index contributed by atoms with van der Waals surface area (Å²) < 4.78 is 5.37. The lowest BCUT2D eigenvalue weighted by Gasteiger charge is -2.36. The molecule has 0 aliphatic carbocycles. The lowest BCUT2D eigenvalue weighted by atomic mass is 10.0. The third-order valence-electron chi connectivity index (χ3n) is 3.97. The zero-order valence-corrected chi connectivity index (χ0v) is 12.8. The van der Waals surface area contributed by atoms with Gasteiger partial charge in [-0.3, -0.25) is 4.90 Å². The first-order chi connectivity index (χ1) is 9.85. The van der Waals surface area contributed by atoms with Crippen LogP contribution in [0.1, 0.15) is 38.2 Å². The molecule has 1 N–H and O–H groups in total. The van der Waals surface area contributed by atoms with Crippen molar-refractivity contribution in [1.82, 2.24) is 15.2 Å². The molecule has 4 nitrogen and oxygen atoms in total. The van der Waals surface area contributed by atoms with Gasteiger partial charge in [0.25, 0.3) is 0 Å². The molecule has 4 heteroatoms. The van der Waals surface area contributed by atoms with E-state index < -0.39 is 0 Å². The second-order valence-corrected chi connectivity index (χ2v) is 5.50. The van der Waals surface area contributed by atoms with Gasteiger partial charge in [-0.2, -0.15) is 0 Å². The molecule has 1 unspecified atom stereocenters. The molecular weight excluding hydrogens is 250 g/mol. The molecule has 0 aromatic carbocycles. The first kappa shape index (κ1) is 15.3. The van der Waals surface area contributed by atoms with Crippen molar-refractivity contribution >= 4 is 0 Å². The van der Waals surface area contributed by atoms with E-state index in [-0.39, 0.29) is 0 Å². The van der Waals surface area contributed by atoms with Crippen LogP contribution in [0, 0.1) is 0 Å². The number of nitrogens with zero attached hydrogens (tertiary/aromatic N) is 2. The van der Waals surface area contributed by atoms with Crippen molar-refractivity contribution < 1.29 is 4.74 Å². The molecule has 112 valence electrons. The standard InChI is InChI=1S/C16H27N3O/c1-3-9-17-12-15-8-4-5-11-19(15)13-14-7-6-10-18-16(14)20-2/h6-7,10,15,17H,3-5,8-9,11-13H2,1-2H3. The summed E-state index contributed by atoms with van der Waals surface area (Å²) in [7, 11) is 1.70. The molecule has 1 saturated heterocycles. The zero-order chi connectivity index (χ0) is 14.2. The summed E-state index contributed by atoms with van der Waals surface area (Å²) in [5.74, 6) is 0.762. The quantitative estimate of drug-likeness (QED) is 0.777. The van der Waals surface area contributed by atoms with Crippen LogP contribution < -0.4 is 10.1 Å². The molecule has 1 aromatic heterocycles. The van der Waals surface area contributed by atoms with Crippen LogP contribution in [0.3, 0.4) is 0 Å². The van der Waals surface area contributed by atoms with Crippen LogP contribution in [0.5, 0.6) is 5.88 Å². The van der Waals surface area contributed by atoms with Gasteiger partial charge in [0.05, 0.1) is 7.11 Å². The minimum atomic E-state index is 0.639. The van der Waals surface area contributed by atoms with E-state index in [1.54, 1.807) is 13.3 Å². The molecular formula is C16H27N3O. The van der Waals surface area contributed by atoms with Crippen LogP contribution in [0.25, 0.3) is 0 Å². The molecule has 2 rings (SSSR count). The number of likely N-dealkylation sites (tertiary alicyclic amines) is 1. The van der Waals surface area contributed by atoms with Gasteiger partial charge >= 0.3 is 0 Å². The van der Waals surface area contributed by atoms with Crippen LogP contribution >= 0.6 is 0 Å². The van der Waals surface area contributed by atoms with Gasteiger partial charge in [0.15, 0.2) is 0 Å². The van der Waals surface area contributed by atoms with Gasteiger partial charge in [-0.15, -0.1) is 0 Å². The number of hydrogen-bond donors (Lipinski definition) is 1. The van der Waals surface area contributed by atoms with Crippen LogP contribution in [0.2, 0.25) is 0 Å². The van der Waals surface area contributed by atoms with Crippen LogP contribution in [0.4, 0.5) is 0 Å². The van der Waals surface area contributed by atoms with Crippen LogP contribution in [-0.2, 0) is 6.54 Å². The molecule has 0 amide bonds. The first-order valence-corrected chi connectivity index (χ1v) is 7.77.